The summed E-state index contributed by atoms with van der Waals surface area (Å²) >= 11 is 0. The highest BCUT2D eigenvalue weighted by Gasteiger charge is 2.43. The number of hydrogen-bond acceptors (Lipinski definition) is 8. The third-order valence-corrected chi connectivity index (χ3v) is 14.2. The fourth-order valence-corrected chi connectivity index (χ4v) is 10.1. The minimum atomic E-state index is -0.198. The third-order valence-electron chi connectivity index (χ3n) is 14.2. The Morgan fingerprint density at radius 3 is 1.04 bits per heavy atom. The number of unbranched alkanes of at least 4 members (excludes halogenated alkanes) is 22. The lowest BCUT2D eigenvalue weighted by atomic mass is 9.70. The lowest BCUT2D eigenvalue weighted by Gasteiger charge is -2.33. The molecule has 1 aliphatic carbocycles. The molecule has 69 heavy (non-hydrogen) atoms. The lowest BCUT2D eigenvalue weighted by Crippen LogP contribution is -2.26. The van der Waals surface area contributed by atoms with Crippen molar-refractivity contribution >= 4 is 0 Å². The second-order valence-electron chi connectivity index (χ2n) is 20.0. The van der Waals surface area contributed by atoms with Crippen LogP contribution in [0.4, 0.5) is 0 Å². The van der Waals surface area contributed by atoms with E-state index in [1.807, 2.05) is 0 Å². The summed E-state index contributed by atoms with van der Waals surface area (Å²) in [6, 6.07) is 14.1. The van der Waals surface area contributed by atoms with Crippen LogP contribution in [-0.4, -0.2) is 46.4 Å². The van der Waals surface area contributed by atoms with E-state index in [0.717, 1.165) is 86.7 Å². The smallest absolute Gasteiger partial charge is 0.240 e. The van der Waals surface area contributed by atoms with Crippen molar-refractivity contribution in [3.8, 4) is 57.2 Å². The van der Waals surface area contributed by atoms with Gasteiger partial charge in [-0.2, -0.15) is 0 Å². The number of aromatic nitrogens is 4. The zero-order valence-electron chi connectivity index (χ0n) is 44.6. The second-order valence-corrected chi connectivity index (χ2v) is 20.0. The molecule has 382 valence electrons. The van der Waals surface area contributed by atoms with Crippen LogP contribution in [0.2, 0.25) is 0 Å². The van der Waals surface area contributed by atoms with Gasteiger partial charge in [-0.1, -0.05) is 220 Å². The number of nitrogens with zero attached hydrogens (tertiary/aromatic N) is 4. The zero-order chi connectivity index (χ0) is 48.8. The fourth-order valence-electron chi connectivity index (χ4n) is 10.1. The standard InChI is InChI=1S/C61H94N4O4/c1-7-13-19-25-27-29-39-61(40-30-28-26-20-14-8-2)53-45-49(57-59(68-43-33-23-17-11-5)62-47-55(64-57)66-41-31-21-15-9-3)35-37-51(53)52-38-36-50(46-54(52)61)58-60(69-44-34-24-18-12-6)63-48-56(65-58)67-42-32-22-16-10-4/h35-38,45-48H,7-34,39-44H2,1-6H3. The Balaban J connectivity index is 1.62. The van der Waals surface area contributed by atoms with Gasteiger partial charge in [-0.15, -0.1) is 0 Å². The van der Waals surface area contributed by atoms with Gasteiger partial charge in [0.1, 0.15) is 11.4 Å². The van der Waals surface area contributed by atoms with Gasteiger partial charge in [0.25, 0.3) is 0 Å². The first-order valence-corrected chi connectivity index (χ1v) is 28.6. The Morgan fingerprint density at radius 2 is 0.681 bits per heavy atom. The van der Waals surface area contributed by atoms with E-state index in [2.05, 4.69) is 77.9 Å². The van der Waals surface area contributed by atoms with E-state index < -0.39 is 0 Å². The van der Waals surface area contributed by atoms with Gasteiger partial charge >= 0.3 is 0 Å². The number of rotatable bonds is 40. The molecule has 5 rings (SSSR count). The monoisotopic (exact) mass is 947 g/mol. The first kappa shape index (κ1) is 55.7. The van der Waals surface area contributed by atoms with Crippen molar-refractivity contribution in [2.75, 3.05) is 26.4 Å². The molecule has 0 aliphatic heterocycles. The van der Waals surface area contributed by atoms with E-state index in [4.69, 9.17) is 38.9 Å². The van der Waals surface area contributed by atoms with Gasteiger partial charge in [0, 0.05) is 16.5 Å². The van der Waals surface area contributed by atoms with Crippen LogP contribution < -0.4 is 18.9 Å². The molecular formula is C61H94N4O4. The van der Waals surface area contributed by atoms with Crippen LogP contribution in [0.25, 0.3) is 33.6 Å². The Labute approximate surface area is 420 Å². The fraction of sp³-hybridized carbons (Fsp3) is 0.672. The number of hydrogen-bond donors (Lipinski definition) is 0. The molecule has 2 aromatic heterocycles. The molecule has 0 radical (unpaired) electrons. The van der Waals surface area contributed by atoms with Crippen LogP contribution in [0.1, 0.15) is 245 Å². The minimum Gasteiger partial charge on any atom is -0.477 e. The number of benzene rings is 2. The molecule has 2 heterocycles. The van der Waals surface area contributed by atoms with Crippen molar-refractivity contribution in [1.82, 2.24) is 19.9 Å². The van der Waals surface area contributed by atoms with Crippen LogP contribution in [0.5, 0.6) is 23.5 Å². The Hall–Kier alpha value is -4.20. The van der Waals surface area contributed by atoms with Crippen LogP contribution >= 0.6 is 0 Å². The van der Waals surface area contributed by atoms with Gasteiger partial charge in [-0.25, -0.2) is 19.9 Å². The minimum absolute atomic E-state index is 0.198. The Morgan fingerprint density at radius 1 is 0.362 bits per heavy atom. The normalized spacial score (nSPS) is 12.6. The van der Waals surface area contributed by atoms with Crippen LogP contribution in [0.15, 0.2) is 48.8 Å². The topological polar surface area (TPSA) is 88.5 Å². The van der Waals surface area contributed by atoms with Crippen LogP contribution in [0.3, 0.4) is 0 Å². The van der Waals surface area contributed by atoms with E-state index in [1.165, 1.54) is 151 Å². The van der Waals surface area contributed by atoms with Crippen molar-refractivity contribution in [2.24, 2.45) is 0 Å². The highest BCUT2D eigenvalue weighted by Crippen LogP contribution is 2.56. The molecule has 0 saturated carbocycles. The highest BCUT2D eigenvalue weighted by molar-refractivity contribution is 5.86. The number of ether oxygens (including phenoxy) is 4. The van der Waals surface area contributed by atoms with E-state index in [0.29, 0.717) is 49.9 Å². The van der Waals surface area contributed by atoms with Gasteiger partial charge in [0.15, 0.2) is 0 Å². The molecule has 0 fully saturated rings. The molecule has 0 unspecified atom stereocenters. The average molecular weight is 947 g/mol. The molecule has 4 aromatic rings. The Kier molecular flexibility index (Phi) is 26.4. The molecule has 2 aromatic carbocycles. The predicted molar refractivity (Wildman–Crippen MR) is 289 cm³/mol. The maximum atomic E-state index is 6.52. The molecule has 8 heteroatoms. The summed E-state index contributed by atoms with van der Waals surface area (Å²) in [4.78, 5) is 20.2. The van der Waals surface area contributed by atoms with E-state index in [-0.39, 0.29) is 5.41 Å². The van der Waals surface area contributed by atoms with Gasteiger partial charge in [-0.05, 0) is 72.9 Å². The van der Waals surface area contributed by atoms with Gasteiger partial charge in [-0.3, -0.25) is 0 Å². The molecule has 0 saturated heterocycles. The Bertz CT molecular complexity index is 1870. The molecule has 1 aliphatic rings. The summed E-state index contributed by atoms with van der Waals surface area (Å²) in [5, 5.41) is 0. The van der Waals surface area contributed by atoms with Gasteiger partial charge in [0.2, 0.25) is 23.5 Å². The van der Waals surface area contributed by atoms with Crippen LogP contribution in [0, 0.1) is 0 Å². The largest absolute Gasteiger partial charge is 0.477 e. The average Bonchev–Trinajstić information content (AvgIpc) is 3.64. The van der Waals surface area contributed by atoms with E-state index in [1.54, 1.807) is 12.4 Å². The zero-order valence-corrected chi connectivity index (χ0v) is 44.6. The van der Waals surface area contributed by atoms with Crippen molar-refractivity contribution in [2.45, 2.75) is 240 Å². The quantitative estimate of drug-likeness (QED) is 0.0408. The summed E-state index contributed by atoms with van der Waals surface area (Å²) in [7, 11) is 0. The third kappa shape index (κ3) is 17.6. The van der Waals surface area contributed by atoms with Gasteiger partial charge < -0.3 is 18.9 Å². The summed E-state index contributed by atoms with van der Waals surface area (Å²) in [6.07, 6.45) is 39.0. The summed E-state index contributed by atoms with van der Waals surface area (Å²) in [6.45, 7) is 16.1. The van der Waals surface area contributed by atoms with Crippen molar-refractivity contribution in [3.05, 3.63) is 59.9 Å². The van der Waals surface area contributed by atoms with Crippen molar-refractivity contribution < 1.29 is 18.9 Å². The van der Waals surface area contributed by atoms with Gasteiger partial charge in [0.05, 0.1) is 38.8 Å². The first-order chi connectivity index (χ1) is 34.0. The van der Waals surface area contributed by atoms with Crippen molar-refractivity contribution in [3.63, 3.8) is 0 Å². The summed E-state index contributed by atoms with van der Waals surface area (Å²) in [5.41, 5.74) is 8.86. The number of fused-ring (bicyclic) bond motifs is 3. The highest BCUT2D eigenvalue weighted by atomic mass is 16.5. The molecule has 8 nitrogen and oxygen atoms in total. The van der Waals surface area contributed by atoms with E-state index in [9.17, 15) is 0 Å². The molecular weight excluding hydrogens is 853 g/mol. The molecule has 0 atom stereocenters. The summed E-state index contributed by atoms with van der Waals surface area (Å²) < 4.78 is 25.6. The van der Waals surface area contributed by atoms with E-state index >= 15 is 0 Å². The molecule has 0 amide bonds. The lowest BCUT2D eigenvalue weighted by molar-refractivity contribution is 0.279. The second kappa shape index (κ2) is 32.6. The van der Waals surface area contributed by atoms with Crippen molar-refractivity contribution in [1.29, 1.82) is 0 Å². The maximum absolute atomic E-state index is 6.52. The predicted octanol–water partition coefficient (Wildman–Crippen LogP) is 18.2. The SMILES string of the molecule is CCCCCCCCC1(CCCCCCCC)c2cc(-c3nc(OCCCCCC)cnc3OCCCCCC)ccc2-c2ccc(-c3nc(OCCCCCC)cnc3OCCCCCC)cc21. The maximum Gasteiger partial charge on any atom is 0.240 e. The van der Waals surface area contributed by atoms with Crippen LogP contribution in [-0.2, 0) is 5.41 Å². The molecule has 0 N–H and O–H groups in total. The molecule has 0 spiro atoms. The summed E-state index contributed by atoms with van der Waals surface area (Å²) in [5.74, 6) is 2.31. The first-order valence-electron chi connectivity index (χ1n) is 28.6. The molecule has 0 bridgehead atoms.